The summed E-state index contributed by atoms with van der Waals surface area (Å²) in [4.78, 5) is 22.6. The number of carbonyl (C=O) groups excluding carboxylic acids is 2. The van der Waals surface area contributed by atoms with E-state index in [1.807, 2.05) is 0 Å². The van der Waals surface area contributed by atoms with Crippen LogP contribution in [-0.2, 0) is 4.74 Å². The number of fused-ring (bicyclic) bond motifs is 1. The van der Waals surface area contributed by atoms with Crippen molar-refractivity contribution >= 4 is 11.9 Å². The highest BCUT2D eigenvalue weighted by molar-refractivity contribution is 6.14. The maximum Gasteiger partial charge on any atom is 0.347 e. The maximum absolute atomic E-state index is 13.4. The SMILES string of the molecule is O=C1OC(=O)c2cc(Oc3c(F)cccc3F)ccc21. The lowest BCUT2D eigenvalue weighted by molar-refractivity contribution is 0.0443. The number of hydrogen-bond acceptors (Lipinski definition) is 4. The summed E-state index contributed by atoms with van der Waals surface area (Å²) in [5.74, 6) is -3.86. The van der Waals surface area contributed by atoms with E-state index < -0.39 is 29.3 Å². The molecular weight excluding hydrogens is 270 g/mol. The quantitative estimate of drug-likeness (QED) is 0.625. The number of hydrogen-bond donors (Lipinski definition) is 0. The van der Waals surface area contributed by atoms with Gasteiger partial charge in [-0.3, -0.25) is 0 Å². The molecule has 0 unspecified atom stereocenters. The Bertz CT molecular complexity index is 720. The summed E-state index contributed by atoms with van der Waals surface area (Å²) in [6, 6.07) is 7.12. The van der Waals surface area contributed by atoms with E-state index in [2.05, 4.69) is 4.74 Å². The van der Waals surface area contributed by atoms with Crippen LogP contribution in [0.5, 0.6) is 11.5 Å². The van der Waals surface area contributed by atoms with Crippen molar-refractivity contribution in [2.24, 2.45) is 0 Å². The fraction of sp³-hybridized carbons (Fsp3) is 0. The highest BCUT2D eigenvalue weighted by Gasteiger charge is 2.30. The minimum Gasteiger partial charge on any atom is -0.451 e. The monoisotopic (exact) mass is 276 g/mol. The zero-order valence-electron chi connectivity index (χ0n) is 9.85. The van der Waals surface area contributed by atoms with E-state index in [9.17, 15) is 18.4 Å². The number of cyclic esters (lactones) is 2. The number of para-hydroxylation sites is 1. The van der Waals surface area contributed by atoms with Gasteiger partial charge in [-0.15, -0.1) is 0 Å². The van der Waals surface area contributed by atoms with Crippen LogP contribution in [-0.4, -0.2) is 11.9 Å². The summed E-state index contributed by atoms with van der Waals surface area (Å²) in [6.45, 7) is 0. The van der Waals surface area contributed by atoms with Gasteiger partial charge in [0.25, 0.3) is 0 Å². The van der Waals surface area contributed by atoms with Gasteiger partial charge >= 0.3 is 11.9 Å². The van der Waals surface area contributed by atoms with Gasteiger partial charge in [0, 0.05) is 0 Å². The van der Waals surface area contributed by atoms with Crippen molar-refractivity contribution in [1.82, 2.24) is 0 Å². The van der Waals surface area contributed by atoms with E-state index in [1.165, 1.54) is 24.3 Å². The summed E-state index contributed by atoms with van der Waals surface area (Å²) in [5, 5.41) is 0. The molecule has 100 valence electrons. The van der Waals surface area contributed by atoms with Crippen LogP contribution >= 0.6 is 0 Å². The Morgan fingerprint density at radius 3 is 2.25 bits per heavy atom. The van der Waals surface area contributed by atoms with E-state index in [4.69, 9.17) is 4.74 Å². The lowest BCUT2D eigenvalue weighted by Gasteiger charge is -2.07. The number of halogens is 2. The fourth-order valence-electron chi connectivity index (χ4n) is 1.83. The lowest BCUT2D eigenvalue weighted by atomic mass is 10.1. The molecule has 0 aromatic heterocycles. The van der Waals surface area contributed by atoms with Crippen LogP contribution in [0.1, 0.15) is 20.7 Å². The van der Waals surface area contributed by atoms with Crippen molar-refractivity contribution < 1.29 is 27.8 Å². The normalized spacial score (nSPS) is 13.1. The van der Waals surface area contributed by atoms with Gasteiger partial charge in [-0.2, -0.15) is 0 Å². The average molecular weight is 276 g/mol. The zero-order valence-corrected chi connectivity index (χ0v) is 9.85. The van der Waals surface area contributed by atoms with E-state index in [0.717, 1.165) is 12.1 Å². The average Bonchev–Trinajstić information content (AvgIpc) is 2.69. The van der Waals surface area contributed by atoms with Crippen LogP contribution in [0.25, 0.3) is 0 Å². The van der Waals surface area contributed by atoms with E-state index in [1.54, 1.807) is 0 Å². The molecule has 2 aromatic rings. The molecule has 0 bridgehead atoms. The van der Waals surface area contributed by atoms with E-state index >= 15 is 0 Å². The van der Waals surface area contributed by atoms with Crippen molar-refractivity contribution in [2.75, 3.05) is 0 Å². The second-order valence-electron chi connectivity index (χ2n) is 4.04. The van der Waals surface area contributed by atoms with Crippen LogP contribution in [0, 0.1) is 11.6 Å². The molecule has 2 aromatic carbocycles. The second-order valence-corrected chi connectivity index (χ2v) is 4.04. The minimum atomic E-state index is -0.871. The molecule has 0 N–H and O–H groups in total. The number of ether oxygens (including phenoxy) is 2. The first-order chi connectivity index (χ1) is 9.56. The zero-order chi connectivity index (χ0) is 14.3. The summed E-state index contributed by atoms with van der Waals surface area (Å²) in [7, 11) is 0. The Balaban J connectivity index is 1.99. The van der Waals surface area contributed by atoms with Crippen LogP contribution in [0.3, 0.4) is 0 Å². The van der Waals surface area contributed by atoms with Crippen molar-refractivity contribution in [3.05, 3.63) is 59.2 Å². The molecular formula is C14H6F2O4. The number of esters is 2. The number of carbonyl (C=O) groups is 2. The smallest absolute Gasteiger partial charge is 0.347 e. The first kappa shape index (κ1) is 12.3. The van der Waals surface area contributed by atoms with Gasteiger partial charge in [0.05, 0.1) is 11.1 Å². The summed E-state index contributed by atoms with van der Waals surface area (Å²) >= 11 is 0. The highest BCUT2D eigenvalue weighted by Crippen LogP contribution is 2.30. The summed E-state index contributed by atoms with van der Waals surface area (Å²) in [6.07, 6.45) is 0. The van der Waals surface area contributed by atoms with Gasteiger partial charge in [0.15, 0.2) is 17.4 Å². The van der Waals surface area contributed by atoms with Gasteiger partial charge in [0.2, 0.25) is 0 Å². The van der Waals surface area contributed by atoms with Gasteiger partial charge < -0.3 is 9.47 Å². The third-order valence-electron chi connectivity index (χ3n) is 2.76. The Labute approximate surface area is 111 Å². The Kier molecular flexibility index (Phi) is 2.71. The lowest BCUT2D eigenvalue weighted by Crippen LogP contribution is -1.97. The Morgan fingerprint density at radius 2 is 1.55 bits per heavy atom. The van der Waals surface area contributed by atoms with Crippen molar-refractivity contribution in [1.29, 1.82) is 0 Å². The minimum absolute atomic E-state index is 0.00393. The van der Waals surface area contributed by atoms with E-state index in [0.29, 0.717) is 0 Å². The molecule has 1 heterocycles. The molecule has 4 nitrogen and oxygen atoms in total. The predicted octanol–water partition coefficient (Wildman–Crippen LogP) is 3.07. The molecule has 1 aliphatic rings. The van der Waals surface area contributed by atoms with E-state index in [-0.39, 0.29) is 16.9 Å². The number of benzene rings is 2. The first-order valence-electron chi connectivity index (χ1n) is 5.58. The fourth-order valence-corrected chi connectivity index (χ4v) is 1.83. The van der Waals surface area contributed by atoms with Crippen molar-refractivity contribution in [2.45, 2.75) is 0 Å². The van der Waals surface area contributed by atoms with Gasteiger partial charge in [0.1, 0.15) is 5.75 Å². The molecule has 1 aliphatic heterocycles. The predicted molar refractivity (Wildman–Crippen MR) is 62.6 cm³/mol. The molecule has 0 aliphatic carbocycles. The van der Waals surface area contributed by atoms with Gasteiger partial charge in [-0.1, -0.05) is 6.07 Å². The highest BCUT2D eigenvalue weighted by atomic mass is 19.1. The molecule has 0 atom stereocenters. The molecule has 20 heavy (non-hydrogen) atoms. The van der Waals surface area contributed by atoms with Crippen molar-refractivity contribution in [3.8, 4) is 11.5 Å². The molecule has 0 spiro atoms. The first-order valence-corrected chi connectivity index (χ1v) is 5.58. The molecule has 0 amide bonds. The van der Waals surface area contributed by atoms with Gasteiger partial charge in [-0.25, -0.2) is 18.4 Å². The van der Waals surface area contributed by atoms with Crippen LogP contribution in [0.4, 0.5) is 8.78 Å². The van der Waals surface area contributed by atoms with Crippen molar-refractivity contribution in [3.63, 3.8) is 0 Å². The third-order valence-corrected chi connectivity index (χ3v) is 2.76. The van der Waals surface area contributed by atoms with Gasteiger partial charge in [-0.05, 0) is 30.3 Å². The number of rotatable bonds is 2. The third kappa shape index (κ3) is 1.91. The molecule has 0 saturated heterocycles. The maximum atomic E-state index is 13.4. The molecule has 0 saturated carbocycles. The largest absolute Gasteiger partial charge is 0.451 e. The molecule has 0 radical (unpaired) electrons. The molecule has 3 rings (SSSR count). The standard InChI is InChI=1S/C14H6F2O4/c15-10-2-1-3-11(16)12(10)19-7-4-5-8-9(6-7)14(18)20-13(8)17/h1-6H. The second kappa shape index (κ2) is 4.41. The molecule has 0 fully saturated rings. The van der Waals surface area contributed by atoms with Crippen LogP contribution in [0.15, 0.2) is 36.4 Å². The Morgan fingerprint density at radius 1 is 0.900 bits per heavy atom. The van der Waals surface area contributed by atoms with Crippen LogP contribution in [0.2, 0.25) is 0 Å². The Hall–Kier alpha value is -2.76. The topological polar surface area (TPSA) is 52.6 Å². The summed E-state index contributed by atoms with van der Waals surface area (Å²) < 4.78 is 36.4. The summed E-state index contributed by atoms with van der Waals surface area (Å²) in [5.41, 5.74) is 0.0978. The van der Waals surface area contributed by atoms with Crippen LogP contribution < -0.4 is 4.74 Å². The molecule has 6 heteroatoms.